The highest BCUT2D eigenvalue weighted by Gasteiger charge is 2.47. The summed E-state index contributed by atoms with van der Waals surface area (Å²) in [6.07, 6.45) is 2.08. The molecule has 3 rings (SSSR count). The van der Waals surface area contributed by atoms with Crippen molar-refractivity contribution < 1.29 is 23.8 Å². The first-order chi connectivity index (χ1) is 9.90. The van der Waals surface area contributed by atoms with Gasteiger partial charge >= 0.3 is 6.09 Å². The van der Waals surface area contributed by atoms with Crippen molar-refractivity contribution in [3.63, 3.8) is 0 Å². The molecule has 1 aromatic carbocycles. The van der Waals surface area contributed by atoms with Crippen LogP contribution in [0, 0.1) is 17.0 Å². The molecule has 2 aliphatic rings. The number of hydrogen-bond acceptors (Lipinski definition) is 2. The number of carbonyl (C=O) groups is 1. The molecule has 114 valence electrons. The van der Waals surface area contributed by atoms with Gasteiger partial charge < -0.3 is 15.1 Å². The van der Waals surface area contributed by atoms with Crippen LogP contribution in [0.4, 0.5) is 13.6 Å². The summed E-state index contributed by atoms with van der Waals surface area (Å²) in [5, 5.41) is 18.3. The Labute approximate surface area is 121 Å². The first kappa shape index (κ1) is 14.1. The number of amides is 1. The van der Waals surface area contributed by atoms with Crippen LogP contribution in [-0.2, 0) is 0 Å². The van der Waals surface area contributed by atoms with Crippen molar-refractivity contribution in [3.8, 4) is 5.75 Å². The molecule has 1 aliphatic carbocycles. The van der Waals surface area contributed by atoms with E-state index in [9.17, 15) is 18.7 Å². The standard InChI is InChI=1S/C15H17F2NO3/c16-10-5-11(13(17)12(19)6-10)9-1-3-15(4-2-9)7-18(8-15)14(20)21/h5-6,9,19H,1-4,7-8H2,(H,20,21). The summed E-state index contributed by atoms with van der Waals surface area (Å²) in [7, 11) is 0. The van der Waals surface area contributed by atoms with Crippen LogP contribution in [-0.4, -0.2) is 34.3 Å². The van der Waals surface area contributed by atoms with Gasteiger partial charge in [0.15, 0.2) is 11.6 Å². The number of phenolic OH excluding ortho intramolecular Hbond substituents is 1. The van der Waals surface area contributed by atoms with Crippen LogP contribution in [0.3, 0.4) is 0 Å². The van der Waals surface area contributed by atoms with Gasteiger partial charge in [0.25, 0.3) is 0 Å². The Kier molecular flexibility index (Phi) is 3.26. The van der Waals surface area contributed by atoms with Gasteiger partial charge in [0.1, 0.15) is 5.82 Å². The molecule has 4 nitrogen and oxygen atoms in total. The molecule has 0 radical (unpaired) electrons. The van der Waals surface area contributed by atoms with Crippen LogP contribution in [0.2, 0.25) is 0 Å². The van der Waals surface area contributed by atoms with Crippen molar-refractivity contribution in [1.29, 1.82) is 0 Å². The van der Waals surface area contributed by atoms with Crippen molar-refractivity contribution in [1.82, 2.24) is 4.90 Å². The second-order valence-corrected chi connectivity index (χ2v) is 6.24. The monoisotopic (exact) mass is 297 g/mol. The minimum absolute atomic E-state index is 0.0146. The quantitative estimate of drug-likeness (QED) is 0.836. The molecule has 1 saturated heterocycles. The van der Waals surface area contributed by atoms with Gasteiger partial charge in [-0.25, -0.2) is 13.6 Å². The van der Waals surface area contributed by atoms with Crippen molar-refractivity contribution in [2.75, 3.05) is 13.1 Å². The lowest BCUT2D eigenvalue weighted by Gasteiger charge is -2.52. The summed E-state index contributed by atoms with van der Waals surface area (Å²) >= 11 is 0. The number of hydrogen-bond donors (Lipinski definition) is 2. The molecule has 1 heterocycles. The molecule has 0 bridgehead atoms. The zero-order valence-electron chi connectivity index (χ0n) is 11.5. The van der Waals surface area contributed by atoms with Gasteiger partial charge in [-0.1, -0.05) is 0 Å². The third kappa shape index (κ3) is 2.43. The van der Waals surface area contributed by atoms with Crippen LogP contribution in [0.15, 0.2) is 12.1 Å². The second kappa shape index (κ2) is 4.86. The average Bonchev–Trinajstić information content (AvgIpc) is 2.40. The molecule has 21 heavy (non-hydrogen) atoms. The Morgan fingerprint density at radius 1 is 1.24 bits per heavy atom. The summed E-state index contributed by atoms with van der Waals surface area (Å²) in [4.78, 5) is 12.2. The van der Waals surface area contributed by atoms with E-state index in [-0.39, 0.29) is 16.9 Å². The number of halogens is 2. The minimum Gasteiger partial charge on any atom is -0.505 e. The van der Waals surface area contributed by atoms with Crippen molar-refractivity contribution >= 4 is 6.09 Å². The molecule has 0 aromatic heterocycles. The summed E-state index contributed by atoms with van der Waals surface area (Å²) in [5.74, 6) is -2.13. The van der Waals surface area contributed by atoms with Crippen molar-refractivity contribution in [2.45, 2.75) is 31.6 Å². The van der Waals surface area contributed by atoms with Crippen LogP contribution in [0.5, 0.6) is 5.75 Å². The van der Waals surface area contributed by atoms with Crippen LogP contribution in [0.25, 0.3) is 0 Å². The number of rotatable bonds is 1. The van der Waals surface area contributed by atoms with Crippen molar-refractivity contribution in [3.05, 3.63) is 29.3 Å². The molecule has 2 N–H and O–H groups in total. The first-order valence-corrected chi connectivity index (χ1v) is 7.06. The van der Waals surface area contributed by atoms with Crippen molar-refractivity contribution in [2.24, 2.45) is 5.41 Å². The fourth-order valence-corrected chi connectivity index (χ4v) is 3.65. The molecule has 1 aliphatic heterocycles. The van der Waals surface area contributed by atoms with E-state index < -0.39 is 23.5 Å². The summed E-state index contributed by atoms with van der Waals surface area (Å²) in [6, 6.07) is 1.93. The third-order valence-electron chi connectivity index (χ3n) is 4.86. The topological polar surface area (TPSA) is 60.8 Å². The number of benzene rings is 1. The number of carboxylic acid groups (broad SMARTS) is 1. The maximum atomic E-state index is 13.9. The Morgan fingerprint density at radius 2 is 1.86 bits per heavy atom. The fourth-order valence-electron chi connectivity index (χ4n) is 3.65. The molecular weight excluding hydrogens is 280 g/mol. The smallest absolute Gasteiger partial charge is 0.407 e. The summed E-state index contributed by atoms with van der Waals surface area (Å²) in [6.45, 7) is 1.07. The number of phenols is 1. The SMILES string of the molecule is O=C(O)N1CC2(CCC(c3cc(F)cc(O)c3F)CC2)C1. The zero-order chi connectivity index (χ0) is 15.2. The van der Waals surface area contributed by atoms with E-state index in [4.69, 9.17) is 5.11 Å². The lowest BCUT2D eigenvalue weighted by molar-refractivity contribution is -0.0190. The maximum Gasteiger partial charge on any atom is 0.407 e. The van der Waals surface area contributed by atoms with Crippen LogP contribution < -0.4 is 0 Å². The van der Waals surface area contributed by atoms with Gasteiger partial charge in [0, 0.05) is 24.6 Å². The fraction of sp³-hybridized carbons (Fsp3) is 0.533. The molecule has 0 unspecified atom stereocenters. The Hall–Kier alpha value is -1.85. The first-order valence-electron chi connectivity index (χ1n) is 7.06. The second-order valence-electron chi connectivity index (χ2n) is 6.24. The average molecular weight is 297 g/mol. The molecule has 1 aromatic rings. The van der Waals surface area contributed by atoms with Crippen LogP contribution >= 0.6 is 0 Å². The molecule has 1 spiro atoms. The molecular formula is C15H17F2NO3. The van der Waals surface area contributed by atoms with E-state index in [2.05, 4.69) is 0 Å². The number of nitrogens with zero attached hydrogens (tertiary/aromatic N) is 1. The van der Waals surface area contributed by atoms with E-state index in [0.717, 1.165) is 25.0 Å². The van der Waals surface area contributed by atoms with Gasteiger partial charge in [-0.15, -0.1) is 0 Å². The van der Waals surface area contributed by atoms with Gasteiger partial charge in [-0.05, 0) is 43.2 Å². The minimum atomic E-state index is -0.899. The normalized spacial score (nSPS) is 21.3. The van der Waals surface area contributed by atoms with E-state index >= 15 is 0 Å². The molecule has 0 atom stereocenters. The summed E-state index contributed by atoms with van der Waals surface area (Å²) in [5.41, 5.74) is 0.248. The van der Waals surface area contributed by atoms with E-state index in [1.54, 1.807) is 0 Å². The lowest BCUT2D eigenvalue weighted by Crippen LogP contribution is -2.59. The maximum absolute atomic E-state index is 13.9. The zero-order valence-corrected chi connectivity index (χ0v) is 11.5. The highest BCUT2D eigenvalue weighted by Crippen LogP contribution is 2.49. The Bertz CT molecular complexity index is 575. The summed E-state index contributed by atoms with van der Waals surface area (Å²) < 4.78 is 27.3. The Balaban J connectivity index is 1.68. The van der Waals surface area contributed by atoms with Gasteiger partial charge in [-0.2, -0.15) is 0 Å². The molecule has 6 heteroatoms. The molecule has 2 fully saturated rings. The van der Waals surface area contributed by atoms with Gasteiger partial charge in [0.05, 0.1) is 0 Å². The van der Waals surface area contributed by atoms with E-state index in [0.29, 0.717) is 25.9 Å². The number of likely N-dealkylation sites (tertiary alicyclic amines) is 1. The van der Waals surface area contributed by atoms with Gasteiger partial charge in [0.2, 0.25) is 0 Å². The van der Waals surface area contributed by atoms with Gasteiger partial charge in [-0.3, -0.25) is 0 Å². The van der Waals surface area contributed by atoms with Crippen LogP contribution in [0.1, 0.15) is 37.2 Å². The van der Waals surface area contributed by atoms with E-state index in [1.165, 1.54) is 4.90 Å². The largest absolute Gasteiger partial charge is 0.505 e. The number of aromatic hydroxyl groups is 1. The highest BCUT2D eigenvalue weighted by molar-refractivity contribution is 5.66. The highest BCUT2D eigenvalue weighted by atomic mass is 19.1. The predicted molar refractivity (Wildman–Crippen MR) is 71.3 cm³/mol. The lowest BCUT2D eigenvalue weighted by atomic mass is 9.65. The Morgan fingerprint density at radius 3 is 2.43 bits per heavy atom. The molecule has 1 amide bonds. The third-order valence-corrected chi connectivity index (χ3v) is 4.86. The molecule has 1 saturated carbocycles. The van der Waals surface area contributed by atoms with E-state index in [1.807, 2.05) is 0 Å². The predicted octanol–water partition coefficient (Wildman–Crippen LogP) is 3.31.